The highest BCUT2D eigenvalue weighted by molar-refractivity contribution is 6.02. The van der Waals surface area contributed by atoms with E-state index in [-0.39, 0.29) is 5.56 Å². The fourth-order valence-electron chi connectivity index (χ4n) is 3.01. The summed E-state index contributed by atoms with van der Waals surface area (Å²) in [6.45, 7) is 3.35. The molecule has 1 heterocycles. The number of carbonyl (C=O) groups is 2. The number of aryl methyl sites for hydroxylation is 1. The maximum atomic E-state index is 13.0. The average molecular weight is 393 g/mol. The third kappa shape index (κ3) is 4.35. The summed E-state index contributed by atoms with van der Waals surface area (Å²) in [7, 11) is 1.20. The molecule has 7 nitrogen and oxygen atoms in total. The van der Waals surface area contributed by atoms with E-state index in [0.29, 0.717) is 5.69 Å². The Hall–Kier alpha value is -3.45. The third-order valence-corrected chi connectivity index (χ3v) is 4.60. The van der Waals surface area contributed by atoms with Crippen LogP contribution in [0.4, 0.5) is 0 Å². The summed E-state index contributed by atoms with van der Waals surface area (Å²) < 4.78 is 6.30. The highest BCUT2D eigenvalue weighted by Crippen LogP contribution is 2.26. The smallest absolute Gasteiger partial charge is 0.331 e. The first kappa shape index (κ1) is 20.3. The summed E-state index contributed by atoms with van der Waals surface area (Å²) in [6, 6.07) is 15.8. The predicted octanol–water partition coefficient (Wildman–Crippen LogP) is 2.50. The first-order chi connectivity index (χ1) is 13.9. The van der Waals surface area contributed by atoms with Gasteiger partial charge in [0.05, 0.1) is 24.5 Å². The Morgan fingerprint density at radius 2 is 1.76 bits per heavy atom. The van der Waals surface area contributed by atoms with Crippen molar-refractivity contribution in [2.75, 3.05) is 7.11 Å². The molecule has 2 N–H and O–H groups in total. The number of amides is 1. The van der Waals surface area contributed by atoms with Gasteiger partial charge in [0.2, 0.25) is 0 Å². The molecule has 0 spiro atoms. The van der Waals surface area contributed by atoms with Crippen LogP contribution in [0.15, 0.2) is 60.8 Å². The molecule has 0 bridgehead atoms. The van der Waals surface area contributed by atoms with Crippen LogP contribution in [-0.4, -0.2) is 46.0 Å². The number of esters is 1. The first-order valence-corrected chi connectivity index (χ1v) is 9.20. The monoisotopic (exact) mass is 393 g/mol. The molecule has 3 rings (SSSR count). The lowest BCUT2D eigenvalue weighted by Crippen LogP contribution is -2.48. The summed E-state index contributed by atoms with van der Waals surface area (Å²) in [5, 5.41) is 17.1. The zero-order chi connectivity index (χ0) is 21.0. The van der Waals surface area contributed by atoms with E-state index in [4.69, 9.17) is 0 Å². The Labute approximate surface area is 168 Å². The van der Waals surface area contributed by atoms with Gasteiger partial charge < -0.3 is 15.2 Å². The molecular weight excluding hydrogens is 370 g/mol. The number of benzene rings is 2. The Kier molecular flexibility index (Phi) is 6.09. The molecule has 150 valence electrons. The predicted molar refractivity (Wildman–Crippen MR) is 109 cm³/mol. The number of ether oxygens (including phenoxy) is 1. The Morgan fingerprint density at radius 3 is 2.38 bits per heavy atom. The molecule has 1 amide bonds. The number of carbonyl (C=O) groups excluding carboxylic acids is 2. The number of aliphatic hydroxyl groups is 1. The summed E-state index contributed by atoms with van der Waals surface area (Å²) in [4.78, 5) is 25.0. The fraction of sp³-hybridized carbons (Fsp3) is 0.227. The van der Waals surface area contributed by atoms with Crippen molar-refractivity contribution < 1.29 is 19.4 Å². The van der Waals surface area contributed by atoms with Crippen LogP contribution >= 0.6 is 0 Å². The number of hydrogen-bond donors (Lipinski definition) is 2. The molecule has 0 fully saturated rings. The van der Waals surface area contributed by atoms with E-state index in [9.17, 15) is 14.7 Å². The SMILES string of the molecule is COC(=O)C(NC(=O)c1cn(-c2ccccc2)nc1-c1ccccc1C)C(C)O. The molecular formula is C22H23N3O4. The average Bonchev–Trinajstić information content (AvgIpc) is 3.17. The van der Waals surface area contributed by atoms with Crippen LogP contribution in [0.5, 0.6) is 0 Å². The maximum Gasteiger partial charge on any atom is 0.331 e. The van der Waals surface area contributed by atoms with Gasteiger partial charge in [0.15, 0.2) is 6.04 Å². The molecule has 0 aliphatic rings. The number of nitrogens with one attached hydrogen (secondary N) is 1. The van der Waals surface area contributed by atoms with Gasteiger partial charge in [-0.1, -0.05) is 42.5 Å². The molecule has 0 aliphatic heterocycles. The minimum absolute atomic E-state index is 0.290. The largest absolute Gasteiger partial charge is 0.467 e. The molecule has 0 saturated heterocycles. The molecule has 3 aromatic rings. The molecule has 2 atom stereocenters. The number of methoxy groups -OCH3 is 1. The second-order valence-corrected chi connectivity index (χ2v) is 6.70. The molecule has 0 saturated carbocycles. The van der Waals surface area contributed by atoms with Gasteiger partial charge in [-0.3, -0.25) is 4.79 Å². The van der Waals surface area contributed by atoms with Gasteiger partial charge in [0, 0.05) is 11.8 Å². The van der Waals surface area contributed by atoms with Crippen molar-refractivity contribution >= 4 is 11.9 Å². The summed E-state index contributed by atoms with van der Waals surface area (Å²) in [5.74, 6) is -1.25. The molecule has 1 aromatic heterocycles. The summed E-state index contributed by atoms with van der Waals surface area (Å²) in [5.41, 5.74) is 3.33. The number of nitrogens with zero attached hydrogens (tertiary/aromatic N) is 2. The van der Waals surface area contributed by atoms with Gasteiger partial charge in [-0.2, -0.15) is 5.10 Å². The van der Waals surface area contributed by atoms with Crippen molar-refractivity contribution in [1.29, 1.82) is 0 Å². The zero-order valence-electron chi connectivity index (χ0n) is 16.5. The van der Waals surface area contributed by atoms with Crippen molar-refractivity contribution in [2.24, 2.45) is 0 Å². The Morgan fingerprint density at radius 1 is 1.10 bits per heavy atom. The second kappa shape index (κ2) is 8.70. The number of para-hydroxylation sites is 1. The van der Waals surface area contributed by atoms with Crippen molar-refractivity contribution in [1.82, 2.24) is 15.1 Å². The number of aliphatic hydroxyl groups excluding tert-OH is 1. The van der Waals surface area contributed by atoms with Crippen molar-refractivity contribution in [2.45, 2.75) is 26.0 Å². The van der Waals surface area contributed by atoms with E-state index in [2.05, 4.69) is 15.2 Å². The Bertz CT molecular complexity index is 1010. The summed E-state index contributed by atoms with van der Waals surface area (Å²) >= 11 is 0. The third-order valence-electron chi connectivity index (χ3n) is 4.60. The number of aromatic nitrogens is 2. The quantitative estimate of drug-likeness (QED) is 0.628. The summed E-state index contributed by atoms with van der Waals surface area (Å²) in [6.07, 6.45) is 0.500. The van der Waals surface area contributed by atoms with E-state index < -0.39 is 24.0 Å². The van der Waals surface area contributed by atoms with Crippen LogP contribution in [0.25, 0.3) is 16.9 Å². The van der Waals surface area contributed by atoms with Crippen LogP contribution in [0.2, 0.25) is 0 Å². The topological polar surface area (TPSA) is 93.5 Å². The Balaban J connectivity index is 2.06. The van der Waals surface area contributed by atoms with E-state index in [1.807, 2.05) is 61.5 Å². The minimum atomic E-state index is -1.18. The molecule has 2 aromatic carbocycles. The van der Waals surface area contributed by atoms with Gasteiger partial charge in [-0.05, 0) is 31.5 Å². The van der Waals surface area contributed by atoms with Crippen molar-refractivity contribution in [3.8, 4) is 16.9 Å². The highest BCUT2D eigenvalue weighted by Gasteiger charge is 2.29. The normalized spacial score (nSPS) is 12.8. The van der Waals surface area contributed by atoms with Crippen LogP contribution < -0.4 is 5.32 Å². The van der Waals surface area contributed by atoms with Gasteiger partial charge >= 0.3 is 5.97 Å². The number of rotatable bonds is 6. The van der Waals surface area contributed by atoms with Gasteiger partial charge in [-0.15, -0.1) is 0 Å². The molecule has 7 heteroatoms. The van der Waals surface area contributed by atoms with Crippen LogP contribution in [0.3, 0.4) is 0 Å². The zero-order valence-corrected chi connectivity index (χ0v) is 16.5. The number of hydrogen-bond acceptors (Lipinski definition) is 5. The second-order valence-electron chi connectivity index (χ2n) is 6.70. The maximum absolute atomic E-state index is 13.0. The van der Waals surface area contributed by atoms with E-state index in [1.54, 1.807) is 10.9 Å². The molecule has 0 radical (unpaired) electrons. The van der Waals surface area contributed by atoms with Gasteiger partial charge in [0.25, 0.3) is 5.91 Å². The van der Waals surface area contributed by atoms with Crippen LogP contribution in [0.1, 0.15) is 22.8 Å². The van der Waals surface area contributed by atoms with E-state index in [1.165, 1.54) is 14.0 Å². The first-order valence-electron chi connectivity index (χ1n) is 9.20. The van der Waals surface area contributed by atoms with E-state index >= 15 is 0 Å². The molecule has 29 heavy (non-hydrogen) atoms. The standard InChI is InChI=1S/C22H23N3O4/c1-14-9-7-8-12-17(14)20-18(13-25(24-20)16-10-5-4-6-11-16)21(27)23-19(15(2)26)22(28)29-3/h4-13,15,19,26H,1-3H3,(H,23,27). The highest BCUT2D eigenvalue weighted by atomic mass is 16.5. The van der Waals surface area contributed by atoms with E-state index in [0.717, 1.165) is 16.8 Å². The molecule has 2 unspecified atom stereocenters. The lowest BCUT2D eigenvalue weighted by molar-refractivity contribution is -0.145. The molecule has 0 aliphatic carbocycles. The fourth-order valence-corrected chi connectivity index (χ4v) is 3.01. The minimum Gasteiger partial charge on any atom is -0.467 e. The van der Waals surface area contributed by atoms with Gasteiger partial charge in [0.1, 0.15) is 5.69 Å². The van der Waals surface area contributed by atoms with Crippen molar-refractivity contribution in [3.05, 3.63) is 71.9 Å². The lowest BCUT2D eigenvalue weighted by atomic mass is 10.0. The lowest BCUT2D eigenvalue weighted by Gasteiger charge is -2.18. The van der Waals surface area contributed by atoms with Gasteiger partial charge in [-0.25, -0.2) is 9.48 Å². The van der Waals surface area contributed by atoms with Crippen LogP contribution in [0, 0.1) is 6.92 Å². The van der Waals surface area contributed by atoms with Crippen LogP contribution in [-0.2, 0) is 9.53 Å². The van der Waals surface area contributed by atoms with Crippen molar-refractivity contribution in [3.63, 3.8) is 0 Å².